The first-order valence-corrected chi connectivity index (χ1v) is 9.92. The summed E-state index contributed by atoms with van der Waals surface area (Å²) in [5.41, 5.74) is 4.40. The smallest absolute Gasteiger partial charge is 0.314 e. The Morgan fingerprint density at radius 2 is 1.90 bits per heavy atom. The van der Waals surface area contributed by atoms with Crippen LogP contribution in [0.1, 0.15) is 30.7 Å². The summed E-state index contributed by atoms with van der Waals surface area (Å²) in [5, 5.41) is 7.18. The molecule has 0 unspecified atom stereocenters. The number of rotatable bonds is 6. The maximum absolute atomic E-state index is 12.3. The van der Waals surface area contributed by atoms with Crippen LogP contribution in [0.4, 0.5) is 4.79 Å². The van der Waals surface area contributed by atoms with E-state index in [-0.39, 0.29) is 18.2 Å². The van der Waals surface area contributed by atoms with Gasteiger partial charge in [0.2, 0.25) is 6.79 Å². The van der Waals surface area contributed by atoms with E-state index in [1.165, 1.54) is 10.9 Å². The Balaban J connectivity index is 1.30. The first-order valence-electron chi connectivity index (χ1n) is 9.92. The summed E-state index contributed by atoms with van der Waals surface area (Å²) in [5.74, 6) is 1.52. The van der Waals surface area contributed by atoms with Crippen LogP contribution in [0.5, 0.6) is 11.5 Å². The van der Waals surface area contributed by atoms with E-state index in [0.29, 0.717) is 13.1 Å². The van der Waals surface area contributed by atoms with Gasteiger partial charge < -0.3 is 25.1 Å². The number of para-hydroxylation sites is 1. The number of H-pyrrole nitrogens is 1. The zero-order valence-corrected chi connectivity index (χ0v) is 17.1. The average Bonchev–Trinajstić information content (AvgIpc) is 3.30. The monoisotopic (exact) mass is 393 g/mol. The van der Waals surface area contributed by atoms with Crippen molar-refractivity contribution in [1.29, 1.82) is 0 Å². The van der Waals surface area contributed by atoms with Crippen molar-refractivity contribution in [3.8, 4) is 11.5 Å². The molecular formula is C23H27N3O3. The SMILES string of the molecule is Cc1[nH]c2ccccc2c1CCNC(=O)NCC(C)(C)c1ccc2c(c1)OCO2. The summed E-state index contributed by atoms with van der Waals surface area (Å²) in [6, 6.07) is 14.0. The molecule has 6 nitrogen and oxygen atoms in total. The van der Waals surface area contributed by atoms with Crippen LogP contribution in [0, 0.1) is 6.92 Å². The van der Waals surface area contributed by atoms with E-state index in [4.69, 9.17) is 9.47 Å². The van der Waals surface area contributed by atoms with Crippen LogP contribution in [0.3, 0.4) is 0 Å². The molecule has 2 amide bonds. The fourth-order valence-electron chi connectivity index (χ4n) is 3.74. The van der Waals surface area contributed by atoms with Crippen LogP contribution in [-0.4, -0.2) is 30.9 Å². The van der Waals surface area contributed by atoms with E-state index < -0.39 is 0 Å². The Hall–Kier alpha value is -3.15. The van der Waals surface area contributed by atoms with Crippen LogP contribution in [0.25, 0.3) is 10.9 Å². The Morgan fingerprint density at radius 1 is 1.10 bits per heavy atom. The minimum Gasteiger partial charge on any atom is -0.454 e. The number of hydrogen-bond donors (Lipinski definition) is 3. The summed E-state index contributed by atoms with van der Waals surface area (Å²) in [6.07, 6.45) is 0.787. The lowest BCUT2D eigenvalue weighted by molar-refractivity contribution is 0.174. The third-order valence-electron chi connectivity index (χ3n) is 5.53. The molecule has 0 atom stereocenters. The molecule has 0 bridgehead atoms. The Labute approximate surface area is 170 Å². The first-order chi connectivity index (χ1) is 13.9. The predicted molar refractivity (Wildman–Crippen MR) is 114 cm³/mol. The van der Waals surface area contributed by atoms with Gasteiger partial charge in [-0.3, -0.25) is 0 Å². The molecule has 0 saturated carbocycles. The lowest BCUT2D eigenvalue weighted by Gasteiger charge is -2.26. The molecule has 0 fully saturated rings. The lowest BCUT2D eigenvalue weighted by Crippen LogP contribution is -2.42. The van der Waals surface area contributed by atoms with E-state index in [1.54, 1.807) is 0 Å². The fourth-order valence-corrected chi connectivity index (χ4v) is 3.74. The Bertz CT molecular complexity index is 1040. The minimum absolute atomic E-state index is 0.156. The molecule has 2 heterocycles. The van der Waals surface area contributed by atoms with Crippen molar-refractivity contribution in [3.63, 3.8) is 0 Å². The highest BCUT2D eigenvalue weighted by Gasteiger charge is 2.24. The molecule has 0 aliphatic carbocycles. The van der Waals surface area contributed by atoms with E-state index >= 15 is 0 Å². The van der Waals surface area contributed by atoms with Crippen molar-refractivity contribution in [1.82, 2.24) is 15.6 Å². The third-order valence-corrected chi connectivity index (χ3v) is 5.53. The van der Waals surface area contributed by atoms with Gasteiger partial charge in [0.15, 0.2) is 11.5 Å². The van der Waals surface area contributed by atoms with Crippen LogP contribution in [0.15, 0.2) is 42.5 Å². The number of nitrogens with one attached hydrogen (secondary N) is 3. The van der Waals surface area contributed by atoms with E-state index in [9.17, 15) is 4.79 Å². The number of hydrogen-bond acceptors (Lipinski definition) is 3. The minimum atomic E-state index is -0.230. The Kier molecular flexibility index (Phi) is 5.09. The zero-order chi connectivity index (χ0) is 20.4. The van der Waals surface area contributed by atoms with Crippen LogP contribution < -0.4 is 20.1 Å². The molecule has 3 aromatic rings. The molecule has 3 N–H and O–H groups in total. The second-order valence-corrected chi connectivity index (χ2v) is 8.09. The molecule has 6 heteroatoms. The van der Waals surface area contributed by atoms with Gasteiger partial charge in [-0.25, -0.2) is 4.79 Å². The molecule has 1 aliphatic rings. The van der Waals surface area contributed by atoms with Crippen molar-refractivity contribution in [2.24, 2.45) is 0 Å². The number of amides is 2. The largest absolute Gasteiger partial charge is 0.454 e. The standard InChI is InChI=1S/C23H27N3O3/c1-15-17(18-6-4-5-7-19(18)26-15)10-11-24-22(27)25-13-23(2,3)16-8-9-20-21(12-16)29-14-28-20/h4-9,12,26H,10-11,13-14H2,1-3H3,(H2,24,25,27). The summed E-state index contributed by atoms with van der Waals surface area (Å²) < 4.78 is 10.8. The maximum Gasteiger partial charge on any atom is 0.314 e. The second kappa shape index (κ2) is 7.70. The molecule has 152 valence electrons. The highest BCUT2D eigenvalue weighted by atomic mass is 16.7. The van der Waals surface area contributed by atoms with Gasteiger partial charge in [0.25, 0.3) is 0 Å². The van der Waals surface area contributed by atoms with Crippen molar-refractivity contribution in [2.45, 2.75) is 32.6 Å². The van der Waals surface area contributed by atoms with E-state index in [2.05, 4.69) is 48.5 Å². The summed E-state index contributed by atoms with van der Waals surface area (Å²) >= 11 is 0. The molecule has 0 radical (unpaired) electrons. The van der Waals surface area contributed by atoms with Gasteiger partial charge in [0.05, 0.1) is 0 Å². The topological polar surface area (TPSA) is 75.4 Å². The number of benzene rings is 2. The highest BCUT2D eigenvalue weighted by Crippen LogP contribution is 2.36. The van der Waals surface area contributed by atoms with Gasteiger partial charge in [-0.1, -0.05) is 38.1 Å². The van der Waals surface area contributed by atoms with Crippen LogP contribution in [-0.2, 0) is 11.8 Å². The number of ether oxygens (including phenoxy) is 2. The molecule has 0 saturated heterocycles. The number of fused-ring (bicyclic) bond motifs is 2. The molecular weight excluding hydrogens is 366 g/mol. The maximum atomic E-state index is 12.3. The van der Waals surface area contributed by atoms with Gasteiger partial charge >= 0.3 is 6.03 Å². The molecule has 4 rings (SSSR count). The summed E-state index contributed by atoms with van der Waals surface area (Å²) in [7, 11) is 0. The fraction of sp³-hybridized carbons (Fsp3) is 0.348. The highest BCUT2D eigenvalue weighted by molar-refractivity contribution is 5.84. The number of aromatic amines is 1. The van der Waals surface area contributed by atoms with Crippen molar-refractivity contribution >= 4 is 16.9 Å². The first kappa shape index (κ1) is 19.2. The van der Waals surface area contributed by atoms with Crippen LogP contribution in [0.2, 0.25) is 0 Å². The normalized spacial score (nSPS) is 12.9. The molecule has 2 aromatic carbocycles. The van der Waals surface area contributed by atoms with Crippen molar-refractivity contribution in [2.75, 3.05) is 19.9 Å². The van der Waals surface area contributed by atoms with Gasteiger partial charge in [0.1, 0.15) is 0 Å². The summed E-state index contributed by atoms with van der Waals surface area (Å²) in [4.78, 5) is 15.7. The van der Waals surface area contributed by atoms with Gasteiger partial charge in [-0.2, -0.15) is 0 Å². The van der Waals surface area contributed by atoms with E-state index in [1.807, 2.05) is 30.3 Å². The molecule has 29 heavy (non-hydrogen) atoms. The number of aromatic nitrogens is 1. The summed E-state index contributed by atoms with van der Waals surface area (Å²) in [6.45, 7) is 7.63. The zero-order valence-electron chi connectivity index (χ0n) is 17.1. The third kappa shape index (κ3) is 4.01. The number of carbonyl (C=O) groups is 1. The van der Waals surface area contributed by atoms with Crippen LogP contribution >= 0.6 is 0 Å². The van der Waals surface area contributed by atoms with Gasteiger partial charge in [-0.15, -0.1) is 0 Å². The molecule has 0 spiro atoms. The number of aryl methyl sites for hydroxylation is 1. The number of carbonyl (C=O) groups excluding carboxylic acids is 1. The second-order valence-electron chi connectivity index (χ2n) is 8.09. The molecule has 1 aromatic heterocycles. The molecule has 1 aliphatic heterocycles. The van der Waals surface area contributed by atoms with Gasteiger partial charge in [-0.05, 0) is 42.7 Å². The average molecular weight is 393 g/mol. The quantitative estimate of drug-likeness (QED) is 0.592. The van der Waals surface area contributed by atoms with Gasteiger partial charge in [0, 0.05) is 35.1 Å². The van der Waals surface area contributed by atoms with E-state index in [0.717, 1.165) is 34.7 Å². The lowest BCUT2D eigenvalue weighted by atomic mass is 9.84. The van der Waals surface area contributed by atoms with Crippen molar-refractivity contribution < 1.29 is 14.3 Å². The number of urea groups is 1. The van der Waals surface area contributed by atoms with Crippen molar-refractivity contribution in [3.05, 3.63) is 59.3 Å². The Morgan fingerprint density at radius 3 is 2.76 bits per heavy atom. The predicted octanol–water partition coefficient (Wildman–Crippen LogP) is 4.02.